The van der Waals surface area contributed by atoms with Gasteiger partial charge in [-0.3, -0.25) is 4.90 Å². The first-order valence-corrected chi connectivity index (χ1v) is 12.7. The van der Waals surface area contributed by atoms with Gasteiger partial charge in [0, 0.05) is 32.7 Å². The SMILES string of the molecule is CCCCCCCCCCCCCCN1CCN(Cc2ccc(CC#N)cc2)CC1. The normalized spacial score (nSPS) is 15.3. The highest BCUT2D eigenvalue weighted by Gasteiger charge is 2.16. The molecule has 0 radical (unpaired) electrons. The molecule has 0 amide bonds. The van der Waals surface area contributed by atoms with Crippen LogP contribution in [0.1, 0.15) is 95.1 Å². The molecule has 30 heavy (non-hydrogen) atoms. The summed E-state index contributed by atoms with van der Waals surface area (Å²) in [6.07, 6.45) is 17.7. The molecule has 0 aliphatic carbocycles. The minimum Gasteiger partial charge on any atom is -0.301 e. The fourth-order valence-electron chi connectivity index (χ4n) is 4.46. The van der Waals surface area contributed by atoms with E-state index in [2.05, 4.69) is 47.1 Å². The molecule has 0 bridgehead atoms. The number of piperazine rings is 1. The van der Waals surface area contributed by atoms with E-state index in [4.69, 9.17) is 5.26 Å². The highest BCUT2D eigenvalue weighted by molar-refractivity contribution is 5.24. The van der Waals surface area contributed by atoms with Gasteiger partial charge < -0.3 is 4.90 Å². The molecule has 0 N–H and O–H groups in total. The van der Waals surface area contributed by atoms with Gasteiger partial charge >= 0.3 is 0 Å². The van der Waals surface area contributed by atoms with Crippen molar-refractivity contribution in [3.63, 3.8) is 0 Å². The van der Waals surface area contributed by atoms with Crippen LogP contribution in [-0.4, -0.2) is 42.5 Å². The van der Waals surface area contributed by atoms with Crippen LogP contribution >= 0.6 is 0 Å². The fraction of sp³-hybridized carbons (Fsp3) is 0.741. The van der Waals surface area contributed by atoms with Gasteiger partial charge in [-0.05, 0) is 24.1 Å². The number of hydrogen-bond acceptors (Lipinski definition) is 3. The Morgan fingerprint density at radius 2 is 1.13 bits per heavy atom. The van der Waals surface area contributed by atoms with Crippen molar-refractivity contribution in [3.8, 4) is 6.07 Å². The summed E-state index contributed by atoms with van der Waals surface area (Å²) in [4.78, 5) is 5.22. The second kappa shape index (κ2) is 16.3. The van der Waals surface area contributed by atoms with E-state index in [0.29, 0.717) is 6.42 Å². The molecule has 2 rings (SSSR count). The van der Waals surface area contributed by atoms with E-state index < -0.39 is 0 Å². The maximum atomic E-state index is 8.78. The number of rotatable bonds is 16. The van der Waals surface area contributed by atoms with Gasteiger partial charge in [0.25, 0.3) is 0 Å². The molecular formula is C27H45N3. The lowest BCUT2D eigenvalue weighted by Gasteiger charge is -2.34. The third kappa shape index (κ3) is 11.1. The van der Waals surface area contributed by atoms with E-state index in [0.717, 1.165) is 12.1 Å². The van der Waals surface area contributed by atoms with Crippen molar-refractivity contribution in [2.45, 2.75) is 96.9 Å². The molecule has 1 aliphatic rings. The first-order chi connectivity index (χ1) is 14.8. The Morgan fingerprint density at radius 1 is 0.667 bits per heavy atom. The first-order valence-electron chi connectivity index (χ1n) is 12.7. The highest BCUT2D eigenvalue weighted by Crippen LogP contribution is 2.14. The van der Waals surface area contributed by atoms with Crippen molar-refractivity contribution in [2.24, 2.45) is 0 Å². The van der Waals surface area contributed by atoms with Crippen LogP contribution in [0.3, 0.4) is 0 Å². The summed E-state index contributed by atoms with van der Waals surface area (Å²) in [5.41, 5.74) is 2.49. The average Bonchev–Trinajstić information content (AvgIpc) is 2.77. The third-order valence-corrected chi connectivity index (χ3v) is 6.51. The summed E-state index contributed by atoms with van der Waals surface area (Å²) in [6.45, 7) is 9.40. The minimum absolute atomic E-state index is 0.512. The van der Waals surface area contributed by atoms with Crippen molar-refractivity contribution in [1.29, 1.82) is 5.26 Å². The number of benzene rings is 1. The van der Waals surface area contributed by atoms with E-state index in [9.17, 15) is 0 Å². The standard InChI is InChI=1S/C27H45N3/c1-2-3-4-5-6-7-8-9-10-11-12-13-20-29-21-23-30(24-22-29)25-27-16-14-26(15-17-27)18-19-28/h14-17H,2-13,18,20-25H2,1H3. The Bertz CT molecular complexity index is 567. The maximum Gasteiger partial charge on any atom is 0.0669 e. The van der Waals surface area contributed by atoms with Crippen molar-refractivity contribution >= 4 is 0 Å². The predicted octanol–water partition coefficient (Wildman–Crippen LogP) is 6.57. The Hall–Kier alpha value is -1.37. The van der Waals surface area contributed by atoms with Crippen LogP contribution < -0.4 is 0 Å². The quantitative estimate of drug-likeness (QED) is 0.288. The summed E-state index contributed by atoms with van der Waals surface area (Å²) in [6, 6.07) is 10.8. The monoisotopic (exact) mass is 411 g/mol. The topological polar surface area (TPSA) is 30.3 Å². The van der Waals surface area contributed by atoms with Gasteiger partial charge in [-0.1, -0.05) is 102 Å². The molecule has 1 aromatic rings. The summed E-state index contributed by atoms with van der Waals surface area (Å²) in [5.74, 6) is 0. The van der Waals surface area contributed by atoms with E-state index in [1.165, 1.54) is 115 Å². The predicted molar refractivity (Wildman–Crippen MR) is 129 cm³/mol. The Labute approximate surface area is 186 Å². The molecule has 3 heteroatoms. The first kappa shape index (κ1) is 24.9. The maximum absolute atomic E-state index is 8.78. The molecule has 0 saturated carbocycles. The number of hydrogen-bond donors (Lipinski definition) is 0. The van der Waals surface area contributed by atoms with E-state index in [1.807, 2.05) is 0 Å². The van der Waals surface area contributed by atoms with Crippen molar-refractivity contribution in [2.75, 3.05) is 32.7 Å². The number of nitriles is 1. The number of nitrogens with zero attached hydrogens (tertiary/aromatic N) is 3. The van der Waals surface area contributed by atoms with Crippen molar-refractivity contribution in [3.05, 3.63) is 35.4 Å². The van der Waals surface area contributed by atoms with Gasteiger partial charge in [0.15, 0.2) is 0 Å². The van der Waals surface area contributed by atoms with E-state index in [-0.39, 0.29) is 0 Å². The Morgan fingerprint density at radius 3 is 1.67 bits per heavy atom. The van der Waals surface area contributed by atoms with Gasteiger partial charge in [-0.25, -0.2) is 0 Å². The van der Waals surface area contributed by atoms with Crippen LogP contribution in [-0.2, 0) is 13.0 Å². The molecule has 3 nitrogen and oxygen atoms in total. The molecule has 0 atom stereocenters. The van der Waals surface area contributed by atoms with E-state index >= 15 is 0 Å². The molecule has 0 unspecified atom stereocenters. The molecule has 1 aromatic carbocycles. The molecule has 1 aliphatic heterocycles. The molecule has 168 valence electrons. The highest BCUT2D eigenvalue weighted by atomic mass is 15.3. The number of unbranched alkanes of at least 4 members (excludes halogenated alkanes) is 11. The van der Waals surface area contributed by atoms with Crippen LogP contribution in [0.5, 0.6) is 0 Å². The van der Waals surface area contributed by atoms with Crippen LogP contribution in [0.15, 0.2) is 24.3 Å². The lowest BCUT2D eigenvalue weighted by molar-refractivity contribution is 0.125. The summed E-state index contributed by atoms with van der Waals surface area (Å²) in [7, 11) is 0. The van der Waals surface area contributed by atoms with E-state index in [1.54, 1.807) is 0 Å². The average molecular weight is 412 g/mol. The molecule has 0 aromatic heterocycles. The summed E-state index contributed by atoms with van der Waals surface area (Å²) < 4.78 is 0. The van der Waals surface area contributed by atoms with Gasteiger partial charge in [0.05, 0.1) is 12.5 Å². The zero-order valence-corrected chi connectivity index (χ0v) is 19.6. The van der Waals surface area contributed by atoms with Crippen LogP contribution in [0.4, 0.5) is 0 Å². The van der Waals surface area contributed by atoms with Crippen molar-refractivity contribution < 1.29 is 0 Å². The zero-order chi connectivity index (χ0) is 21.3. The largest absolute Gasteiger partial charge is 0.301 e. The molecular weight excluding hydrogens is 366 g/mol. The molecule has 1 fully saturated rings. The lowest BCUT2D eigenvalue weighted by atomic mass is 10.1. The van der Waals surface area contributed by atoms with Gasteiger partial charge in [-0.15, -0.1) is 0 Å². The second-order valence-electron chi connectivity index (χ2n) is 9.16. The third-order valence-electron chi connectivity index (χ3n) is 6.51. The molecule has 1 heterocycles. The second-order valence-corrected chi connectivity index (χ2v) is 9.16. The summed E-state index contributed by atoms with van der Waals surface area (Å²) >= 11 is 0. The lowest BCUT2D eigenvalue weighted by Crippen LogP contribution is -2.46. The summed E-state index contributed by atoms with van der Waals surface area (Å²) in [5, 5.41) is 8.78. The molecule has 0 spiro atoms. The van der Waals surface area contributed by atoms with Gasteiger partial charge in [-0.2, -0.15) is 5.26 Å². The minimum atomic E-state index is 0.512. The van der Waals surface area contributed by atoms with Crippen LogP contribution in [0.25, 0.3) is 0 Å². The van der Waals surface area contributed by atoms with Crippen molar-refractivity contribution in [1.82, 2.24) is 9.80 Å². The van der Waals surface area contributed by atoms with Crippen LogP contribution in [0.2, 0.25) is 0 Å². The van der Waals surface area contributed by atoms with Gasteiger partial charge in [0.1, 0.15) is 0 Å². The zero-order valence-electron chi connectivity index (χ0n) is 19.6. The molecule has 1 saturated heterocycles. The smallest absolute Gasteiger partial charge is 0.0669 e. The Kier molecular flexibility index (Phi) is 13.6. The van der Waals surface area contributed by atoms with Crippen LogP contribution in [0, 0.1) is 11.3 Å². The fourth-order valence-corrected chi connectivity index (χ4v) is 4.46. The van der Waals surface area contributed by atoms with Gasteiger partial charge in [0.2, 0.25) is 0 Å². The Balaban J connectivity index is 1.42.